The maximum atomic E-state index is 5.80. The van der Waals surface area contributed by atoms with Gasteiger partial charge < -0.3 is 19.5 Å². The summed E-state index contributed by atoms with van der Waals surface area (Å²) in [5.41, 5.74) is 1.20. The summed E-state index contributed by atoms with van der Waals surface area (Å²) in [6.45, 7) is 11.5. The van der Waals surface area contributed by atoms with E-state index in [-0.39, 0.29) is 6.10 Å². The molecule has 1 saturated heterocycles. The lowest BCUT2D eigenvalue weighted by molar-refractivity contribution is 0.0227. The normalized spacial score (nSPS) is 20.1. The highest BCUT2D eigenvalue weighted by Crippen LogP contribution is 2.18. The second-order valence-corrected chi connectivity index (χ2v) is 4.96. The zero-order valence-corrected chi connectivity index (χ0v) is 12.1. The van der Waals surface area contributed by atoms with Gasteiger partial charge in [0.15, 0.2) is 0 Å². The summed E-state index contributed by atoms with van der Waals surface area (Å²) in [6.07, 6.45) is 5.18. The van der Waals surface area contributed by atoms with Crippen LogP contribution < -0.4 is 5.32 Å². The Balaban J connectivity index is 1.85. The lowest BCUT2D eigenvalue weighted by atomic mass is 10.2. The largest absolute Gasteiger partial charge is 0.369 e. The number of nitrogens with zero attached hydrogens (tertiary/aromatic N) is 3. The minimum absolute atomic E-state index is 0.157. The molecular weight excluding hydrogens is 240 g/mol. The summed E-state index contributed by atoms with van der Waals surface area (Å²) in [4.78, 5) is 6.73. The third-order valence-corrected chi connectivity index (χ3v) is 3.77. The van der Waals surface area contributed by atoms with Gasteiger partial charge in [-0.2, -0.15) is 0 Å². The maximum absolute atomic E-state index is 5.80. The van der Waals surface area contributed by atoms with Gasteiger partial charge in [-0.05, 0) is 26.1 Å². The SMILES string of the molecule is CCN(CC)CCCn1cncc1C1CNCCO1. The van der Waals surface area contributed by atoms with Crippen molar-refractivity contribution in [2.45, 2.75) is 32.9 Å². The average Bonchev–Trinajstić information content (AvgIpc) is 2.93. The van der Waals surface area contributed by atoms with Crippen molar-refractivity contribution in [3.63, 3.8) is 0 Å². The minimum atomic E-state index is 0.157. The van der Waals surface area contributed by atoms with Crippen LogP contribution in [-0.2, 0) is 11.3 Å². The Labute approximate surface area is 116 Å². The molecule has 1 N–H and O–H groups in total. The minimum Gasteiger partial charge on any atom is -0.369 e. The predicted octanol–water partition coefficient (Wildman–Crippen LogP) is 1.28. The second-order valence-electron chi connectivity index (χ2n) is 4.96. The van der Waals surface area contributed by atoms with E-state index in [4.69, 9.17) is 4.74 Å². The monoisotopic (exact) mass is 266 g/mol. The van der Waals surface area contributed by atoms with E-state index in [2.05, 4.69) is 33.6 Å². The molecule has 1 unspecified atom stereocenters. The number of morpholine rings is 1. The Bertz CT molecular complexity index is 356. The zero-order chi connectivity index (χ0) is 13.5. The fourth-order valence-corrected chi connectivity index (χ4v) is 2.55. The van der Waals surface area contributed by atoms with Crippen LogP contribution in [0.1, 0.15) is 32.1 Å². The molecule has 19 heavy (non-hydrogen) atoms. The molecule has 0 saturated carbocycles. The van der Waals surface area contributed by atoms with E-state index < -0.39 is 0 Å². The molecule has 1 aliphatic heterocycles. The van der Waals surface area contributed by atoms with Gasteiger partial charge in [-0.1, -0.05) is 13.8 Å². The molecule has 1 fully saturated rings. The number of ether oxygens (including phenoxy) is 1. The number of hydrogen-bond donors (Lipinski definition) is 1. The van der Waals surface area contributed by atoms with E-state index in [1.165, 1.54) is 5.69 Å². The summed E-state index contributed by atoms with van der Waals surface area (Å²) in [5.74, 6) is 0. The molecule has 5 heteroatoms. The van der Waals surface area contributed by atoms with Gasteiger partial charge in [-0.15, -0.1) is 0 Å². The standard InChI is InChI=1S/C14H26N4O/c1-3-17(4-2)7-5-8-18-12-16-10-13(18)14-11-15-6-9-19-14/h10,12,14-15H,3-9,11H2,1-2H3. The number of nitrogens with one attached hydrogen (secondary N) is 1. The van der Waals surface area contributed by atoms with Crippen LogP contribution in [0.4, 0.5) is 0 Å². The molecular formula is C14H26N4O. The average molecular weight is 266 g/mol. The van der Waals surface area contributed by atoms with Gasteiger partial charge in [0.1, 0.15) is 6.10 Å². The van der Waals surface area contributed by atoms with E-state index in [9.17, 15) is 0 Å². The molecule has 0 aliphatic carbocycles. The zero-order valence-electron chi connectivity index (χ0n) is 12.1. The van der Waals surface area contributed by atoms with Crippen molar-refractivity contribution in [3.8, 4) is 0 Å². The smallest absolute Gasteiger partial charge is 0.111 e. The van der Waals surface area contributed by atoms with Crippen LogP contribution in [0.25, 0.3) is 0 Å². The van der Waals surface area contributed by atoms with Gasteiger partial charge in [-0.25, -0.2) is 4.98 Å². The van der Waals surface area contributed by atoms with Crippen molar-refractivity contribution in [2.24, 2.45) is 0 Å². The molecule has 2 heterocycles. The summed E-state index contributed by atoms with van der Waals surface area (Å²) in [5, 5.41) is 3.37. The van der Waals surface area contributed by atoms with Crippen LogP contribution in [0, 0.1) is 0 Å². The first kappa shape index (κ1) is 14.5. The molecule has 0 radical (unpaired) electrons. The van der Waals surface area contributed by atoms with E-state index in [1.807, 2.05) is 12.5 Å². The number of aromatic nitrogens is 2. The van der Waals surface area contributed by atoms with Crippen LogP contribution in [0.5, 0.6) is 0 Å². The first-order valence-corrected chi connectivity index (χ1v) is 7.39. The van der Waals surface area contributed by atoms with E-state index >= 15 is 0 Å². The lowest BCUT2D eigenvalue weighted by Gasteiger charge is -2.25. The molecule has 1 aliphatic rings. The van der Waals surface area contributed by atoms with Crippen LogP contribution >= 0.6 is 0 Å². The van der Waals surface area contributed by atoms with Gasteiger partial charge in [0.2, 0.25) is 0 Å². The van der Waals surface area contributed by atoms with Crippen molar-refractivity contribution in [2.75, 3.05) is 39.3 Å². The third-order valence-electron chi connectivity index (χ3n) is 3.77. The molecule has 0 amide bonds. The Morgan fingerprint density at radius 3 is 3.00 bits per heavy atom. The van der Waals surface area contributed by atoms with Crippen molar-refractivity contribution < 1.29 is 4.74 Å². The molecule has 5 nitrogen and oxygen atoms in total. The highest BCUT2D eigenvalue weighted by atomic mass is 16.5. The van der Waals surface area contributed by atoms with E-state index in [0.717, 1.165) is 52.3 Å². The third kappa shape index (κ3) is 4.03. The van der Waals surface area contributed by atoms with Gasteiger partial charge in [0, 0.05) is 19.6 Å². The number of rotatable bonds is 7. The first-order chi connectivity index (χ1) is 9.35. The van der Waals surface area contributed by atoms with Crippen molar-refractivity contribution >= 4 is 0 Å². The van der Waals surface area contributed by atoms with Crippen molar-refractivity contribution in [3.05, 3.63) is 18.2 Å². The van der Waals surface area contributed by atoms with E-state index in [1.54, 1.807) is 0 Å². The molecule has 0 spiro atoms. The maximum Gasteiger partial charge on any atom is 0.111 e. The molecule has 0 bridgehead atoms. The number of hydrogen-bond acceptors (Lipinski definition) is 4. The van der Waals surface area contributed by atoms with E-state index in [0.29, 0.717) is 0 Å². The molecule has 108 valence electrons. The Morgan fingerprint density at radius 2 is 2.32 bits per heavy atom. The number of aryl methyl sites for hydroxylation is 1. The molecule has 2 rings (SSSR count). The number of imidazole rings is 1. The Kier molecular flexibility index (Phi) is 5.82. The van der Waals surface area contributed by atoms with Gasteiger partial charge in [0.05, 0.1) is 24.8 Å². The highest BCUT2D eigenvalue weighted by Gasteiger charge is 2.19. The predicted molar refractivity (Wildman–Crippen MR) is 76.2 cm³/mol. The quantitative estimate of drug-likeness (QED) is 0.807. The second kappa shape index (κ2) is 7.62. The molecule has 1 aromatic heterocycles. The van der Waals surface area contributed by atoms with Crippen molar-refractivity contribution in [1.82, 2.24) is 19.8 Å². The summed E-state index contributed by atoms with van der Waals surface area (Å²) < 4.78 is 8.04. The highest BCUT2D eigenvalue weighted by molar-refractivity contribution is 5.04. The van der Waals surface area contributed by atoms with Crippen LogP contribution in [0.3, 0.4) is 0 Å². The van der Waals surface area contributed by atoms with Crippen LogP contribution in [0.15, 0.2) is 12.5 Å². The molecule has 0 aromatic carbocycles. The molecule has 1 aromatic rings. The lowest BCUT2D eigenvalue weighted by Crippen LogP contribution is -2.34. The summed E-state index contributed by atoms with van der Waals surface area (Å²) >= 11 is 0. The Hall–Kier alpha value is -0.910. The topological polar surface area (TPSA) is 42.3 Å². The van der Waals surface area contributed by atoms with Gasteiger partial charge in [0.25, 0.3) is 0 Å². The fourth-order valence-electron chi connectivity index (χ4n) is 2.55. The fraction of sp³-hybridized carbons (Fsp3) is 0.786. The van der Waals surface area contributed by atoms with Gasteiger partial charge in [-0.3, -0.25) is 0 Å². The van der Waals surface area contributed by atoms with Crippen LogP contribution in [0.2, 0.25) is 0 Å². The van der Waals surface area contributed by atoms with Gasteiger partial charge >= 0.3 is 0 Å². The molecule has 1 atom stereocenters. The summed E-state index contributed by atoms with van der Waals surface area (Å²) in [6, 6.07) is 0. The van der Waals surface area contributed by atoms with Crippen LogP contribution in [-0.4, -0.2) is 53.8 Å². The summed E-state index contributed by atoms with van der Waals surface area (Å²) in [7, 11) is 0. The first-order valence-electron chi connectivity index (χ1n) is 7.39. The Morgan fingerprint density at radius 1 is 1.47 bits per heavy atom. The van der Waals surface area contributed by atoms with Crippen molar-refractivity contribution in [1.29, 1.82) is 0 Å².